The van der Waals surface area contributed by atoms with Gasteiger partial charge < -0.3 is 14.2 Å². The molecule has 3 heterocycles. The van der Waals surface area contributed by atoms with Crippen molar-refractivity contribution in [1.82, 2.24) is 19.6 Å². The molecule has 0 saturated carbocycles. The monoisotopic (exact) mass is 330 g/mol. The minimum absolute atomic E-state index is 0.0809. The second kappa shape index (κ2) is 6.51. The summed E-state index contributed by atoms with van der Waals surface area (Å²) < 4.78 is 7.00. The maximum atomic E-state index is 12.6. The van der Waals surface area contributed by atoms with Gasteiger partial charge in [-0.2, -0.15) is 5.10 Å². The number of piperazine rings is 1. The Kier molecular flexibility index (Phi) is 4.42. The summed E-state index contributed by atoms with van der Waals surface area (Å²) in [6, 6.07) is 5.39. The van der Waals surface area contributed by atoms with Crippen molar-refractivity contribution >= 4 is 11.8 Å². The number of hydrogen-bond acceptors (Lipinski definition) is 4. The Hall–Kier alpha value is -2.57. The third-order valence-electron chi connectivity index (χ3n) is 4.22. The number of amides is 2. The zero-order valence-corrected chi connectivity index (χ0v) is 14.2. The molecule has 0 aromatic carbocycles. The molecule has 0 unspecified atom stereocenters. The van der Waals surface area contributed by atoms with Crippen LogP contribution in [0.5, 0.6) is 0 Å². The van der Waals surface area contributed by atoms with Gasteiger partial charge >= 0.3 is 0 Å². The first-order valence-electron chi connectivity index (χ1n) is 8.15. The molecular weight excluding hydrogens is 308 g/mol. The van der Waals surface area contributed by atoms with Gasteiger partial charge in [0.15, 0.2) is 11.5 Å². The SMILES string of the molecule is Cc1cc(C(=O)N2CCN(C(=O)c3ccco3)CC2)nn1C(C)C. The van der Waals surface area contributed by atoms with Gasteiger partial charge in [-0.3, -0.25) is 14.3 Å². The van der Waals surface area contributed by atoms with E-state index >= 15 is 0 Å². The Balaban J connectivity index is 1.63. The van der Waals surface area contributed by atoms with E-state index in [9.17, 15) is 9.59 Å². The number of hydrogen-bond donors (Lipinski definition) is 0. The highest BCUT2D eigenvalue weighted by Gasteiger charge is 2.28. The van der Waals surface area contributed by atoms with E-state index in [0.29, 0.717) is 37.6 Å². The molecule has 128 valence electrons. The van der Waals surface area contributed by atoms with Crippen molar-refractivity contribution in [3.05, 3.63) is 41.6 Å². The number of carbonyl (C=O) groups excluding carboxylic acids is 2. The summed E-state index contributed by atoms with van der Waals surface area (Å²) in [5.74, 6) is 0.121. The topological polar surface area (TPSA) is 71.6 Å². The van der Waals surface area contributed by atoms with Crippen molar-refractivity contribution < 1.29 is 14.0 Å². The van der Waals surface area contributed by atoms with Crippen LogP contribution in [0.4, 0.5) is 0 Å². The van der Waals surface area contributed by atoms with Gasteiger partial charge in [-0.1, -0.05) is 0 Å². The van der Waals surface area contributed by atoms with E-state index in [1.54, 1.807) is 21.9 Å². The predicted octanol–water partition coefficient (Wildman–Crippen LogP) is 1.96. The van der Waals surface area contributed by atoms with E-state index in [4.69, 9.17) is 4.42 Å². The highest BCUT2D eigenvalue weighted by molar-refractivity contribution is 5.93. The van der Waals surface area contributed by atoms with Crippen LogP contribution in [0, 0.1) is 6.92 Å². The lowest BCUT2D eigenvalue weighted by Gasteiger charge is -2.33. The predicted molar refractivity (Wildman–Crippen MR) is 87.9 cm³/mol. The number of aromatic nitrogens is 2. The second-order valence-corrected chi connectivity index (χ2v) is 6.27. The quantitative estimate of drug-likeness (QED) is 0.862. The fourth-order valence-corrected chi connectivity index (χ4v) is 2.95. The number of rotatable bonds is 3. The number of carbonyl (C=O) groups is 2. The molecule has 0 aliphatic carbocycles. The Morgan fingerprint density at radius 3 is 2.25 bits per heavy atom. The summed E-state index contributed by atoms with van der Waals surface area (Å²) in [6.07, 6.45) is 1.49. The van der Waals surface area contributed by atoms with E-state index in [1.807, 2.05) is 31.5 Å². The molecule has 2 aromatic rings. The van der Waals surface area contributed by atoms with Gasteiger partial charge in [0.05, 0.1) is 6.26 Å². The molecule has 0 N–H and O–H groups in total. The number of furan rings is 1. The molecule has 1 saturated heterocycles. The standard InChI is InChI=1S/C17H22N4O3/c1-12(2)21-13(3)11-14(18-21)16(22)19-6-8-20(9-7-19)17(23)15-5-4-10-24-15/h4-5,10-12H,6-9H2,1-3H3. The van der Waals surface area contributed by atoms with Crippen LogP contribution < -0.4 is 0 Å². The Morgan fingerprint density at radius 1 is 1.12 bits per heavy atom. The summed E-state index contributed by atoms with van der Waals surface area (Å²) in [6.45, 7) is 8.01. The van der Waals surface area contributed by atoms with Crippen molar-refractivity contribution in [2.45, 2.75) is 26.8 Å². The molecule has 0 atom stereocenters. The highest BCUT2D eigenvalue weighted by atomic mass is 16.3. The molecule has 2 amide bonds. The van der Waals surface area contributed by atoms with Gasteiger partial charge in [-0.25, -0.2) is 0 Å². The van der Waals surface area contributed by atoms with Crippen LogP contribution in [-0.4, -0.2) is 57.6 Å². The average Bonchev–Trinajstić information content (AvgIpc) is 3.23. The van der Waals surface area contributed by atoms with Crippen LogP contribution in [0.2, 0.25) is 0 Å². The van der Waals surface area contributed by atoms with E-state index < -0.39 is 0 Å². The van der Waals surface area contributed by atoms with E-state index in [1.165, 1.54) is 6.26 Å². The van der Waals surface area contributed by atoms with Crippen LogP contribution in [0.25, 0.3) is 0 Å². The van der Waals surface area contributed by atoms with Gasteiger partial charge in [0, 0.05) is 37.9 Å². The first kappa shape index (κ1) is 16.3. The molecule has 1 aliphatic heterocycles. The van der Waals surface area contributed by atoms with Crippen LogP contribution >= 0.6 is 0 Å². The fourth-order valence-electron chi connectivity index (χ4n) is 2.95. The van der Waals surface area contributed by atoms with Crippen LogP contribution in [0.3, 0.4) is 0 Å². The average molecular weight is 330 g/mol. The second-order valence-electron chi connectivity index (χ2n) is 6.27. The third kappa shape index (κ3) is 3.06. The molecule has 7 nitrogen and oxygen atoms in total. The largest absolute Gasteiger partial charge is 0.459 e. The van der Waals surface area contributed by atoms with E-state index in [0.717, 1.165) is 5.69 Å². The number of nitrogens with zero attached hydrogens (tertiary/aromatic N) is 4. The molecule has 24 heavy (non-hydrogen) atoms. The summed E-state index contributed by atoms with van der Waals surface area (Å²) in [7, 11) is 0. The Morgan fingerprint density at radius 2 is 1.75 bits per heavy atom. The smallest absolute Gasteiger partial charge is 0.289 e. The third-order valence-corrected chi connectivity index (χ3v) is 4.22. The summed E-state index contributed by atoms with van der Waals surface area (Å²) in [5.41, 5.74) is 1.44. The zero-order valence-electron chi connectivity index (χ0n) is 14.2. The lowest BCUT2D eigenvalue weighted by atomic mass is 10.2. The van der Waals surface area contributed by atoms with Crippen LogP contribution in [0.1, 0.15) is 46.6 Å². The van der Waals surface area contributed by atoms with Crippen LogP contribution in [-0.2, 0) is 0 Å². The first-order valence-corrected chi connectivity index (χ1v) is 8.15. The maximum absolute atomic E-state index is 12.6. The molecule has 7 heteroatoms. The molecule has 3 rings (SSSR count). The first-order chi connectivity index (χ1) is 11.5. The van der Waals surface area contributed by atoms with Crippen molar-refractivity contribution in [2.24, 2.45) is 0 Å². The highest BCUT2D eigenvalue weighted by Crippen LogP contribution is 2.14. The van der Waals surface area contributed by atoms with Gasteiger partial charge in [0.2, 0.25) is 0 Å². The summed E-state index contributed by atoms with van der Waals surface area (Å²) in [4.78, 5) is 28.3. The maximum Gasteiger partial charge on any atom is 0.289 e. The molecular formula is C17H22N4O3. The van der Waals surface area contributed by atoms with Gasteiger partial charge in [0.1, 0.15) is 0 Å². The lowest BCUT2D eigenvalue weighted by molar-refractivity contribution is 0.0514. The van der Waals surface area contributed by atoms with Gasteiger partial charge in [0.25, 0.3) is 11.8 Å². The minimum Gasteiger partial charge on any atom is -0.459 e. The van der Waals surface area contributed by atoms with E-state index in [-0.39, 0.29) is 17.9 Å². The zero-order chi connectivity index (χ0) is 17.3. The molecule has 1 fully saturated rings. The molecule has 1 aliphatic rings. The fraction of sp³-hybridized carbons (Fsp3) is 0.471. The van der Waals surface area contributed by atoms with Crippen LogP contribution in [0.15, 0.2) is 28.9 Å². The van der Waals surface area contributed by atoms with Crippen molar-refractivity contribution in [3.63, 3.8) is 0 Å². The number of aryl methyl sites for hydroxylation is 1. The summed E-state index contributed by atoms with van der Waals surface area (Å²) >= 11 is 0. The van der Waals surface area contributed by atoms with Gasteiger partial charge in [-0.15, -0.1) is 0 Å². The minimum atomic E-state index is -0.132. The molecule has 0 bridgehead atoms. The van der Waals surface area contributed by atoms with Crippen molar-refractivity contribution in [1.29, 1.82) is 0 Å². The lowest BCUT2D eigenvalue weighted by Crippen LogP contribution is -2.50. The van der Waals surface area contributed by atoms with Gasteiger partial charge in [-0.05, 0) is 39.0 Å². The molecule has 0 radical (unpaired) electrons. The molecule has 0 spiro atoms. The Bertz CT molecular complexity index is 725. The van der Waals surface area contributed by atoms with E-state index in [2.05, 4.69) is 5.10 Å². The van der Waals surface area contributed by atoms with Crippen molar-refractivity contribution in [3.8, 4) is 0 Å². The summed E-state index contributed by atoms with van der Waals surface area (Å²) in [5, 5.41) is 4.41. The molecule has 2 aromatic heterocycles. The van der Waals surface area contributed by atoms with Crippen molar-refractivity contribution in [2.75, 3.05) is 26.2 Å². The Labute approximate surface area is 140 Å². The normalized spacial score (nSPS) is 15.2.